The first-order valence-electron chi connectivity index (χ1n) is 7.83. The predicted molar refractivity (Wildman–Crippen MR) is 80.0 cm³/mol. The minimum atomic E-state index is -4.88. The highest BCUT2D eigenvalue weighted by atomic mass is 19.4. The number of carbonyl (C=O) groups is 1. The topological polar surface area (TPSA) is 56.8 Å². The summed E-state index contributed by atoms with van der Waals surface area (Å²) in [4.78, 5) is 12.1. The zero-order valence-corrected chi connectivity index (χ0v) is 13.2. The molecule has 0 spiro atoms. The minimum Gasteiger partial charge on any atom is -0.454 e. The van der Waals surface area contributed by atoms with Crippen LogP contribution in [0.5, 0.6) is 11.5 Å². The highest BCUT2D eigenvalue weighted by molar-refractivity contribution is 5.96. The van der Waals surface area contributed by atoms with E-state index in [2.05, 4.69) is 17.2 Å². The Labute approximate surface area is 141 Å². The summed E-state index contributed by atoms with van der Waals surface area (Å²) in [6.07, 6.45) is -4.72. The molecule has 1 unspecified atom stereocenters. The van der Waals surface area contributed by atoms with Crippen LogP contribution in [0.25, 0.3) is 0 Å². The van der Waals surface area contributed by atoms with E-state index >= 15 is 0 Å². The number of benzene rings is 1. The minimum absolute atomic E-state index is 0.0407. The van der Waals surface area contributed by atoms with Crippen LogP contribution in [0.2, 0.25) is 0 Å². The number of hydrogen-bond acceptors (Lipinski definition) is 4. The molecule has 0 aromatic heterocycles. The molecule has 25 heavy (non-hydrogen) atoms. The van der Waals surface area contributed by atoms with Crippen LogP contribution in [0, 0.1) is 17.8 Å². The summed E-state index contributed by atoms with van der Waals surface area (Å²) in [5.41, 5.74) is -3.37. The number of carbonyl (C=O) groups excluding carboxylic acids is 1. The largest absolute Gasteiger partial charge is 0.454 e. The first kappa shape index (κ1) is 16.1. The number of hydrogen-bond donors (Lipinski definition) is 1. The third-order valence-corrected chi connectivity index (χ3v) is 4.30. The van der Waals surface area contributed by atoms with Gasteiger partial charge in [0.25, 0.3) is 11.5 Å². The van der Waals surface area contributed by atoms with Gasteiger partial charge < -0.3 is 19.5 Å². The summed E-state index contributed by atoms with van der Waals surface area (Å²) in [6, 6.07) is 2.80. The lowest BCUT2D eigenvalue weighted by molar-refractivity contribution is -0.266. The van der Waals surface area contributed by atoms with Gasteiger partial charge in [-0.25, -0.2) is 0 Å². The maximum Gasteiger partial charge on any atom is 0.433 e. The molecule has 8 heteroatoms. The molecule has 1 N–H and O–H groups in total. The van der Waals surface area contributed by atoms with Crippen LogP contribution in [0.15, 0.2) is 12.1 Å². The summed E-state index contributed by atoms with van der Waals surface area (Å²) < 4.78 is 58.4. The molecule has 1 fully saturated rings. The molecule has 3 aliphatic rings. The summed E-state index contributed by atoms with van der Waals surface area (Å²) in [5.74, 6) is 4.22. The van der Waals surface area contributed by atoms with Gasteiger partial charge in [0, 0.05) is 5.92 Å². The van der Waals surface area contributed by atoms with Crippen LogP contribution in [-0.2, 0) is 15.1 Å². The third-order valence-electron chi connectivity index (χ3n) is 4.30. The zero-order valence-electron chi connectivity index (χ0n) is 13.2. The van der Waals surface area contributed by atoms with E-state index in [4.69, 9.17) is 14.2 Å². The second-order valence-electron chi connectivity index (χ2n) is 6.19. The molecule has 5 nitrogen and oxygen atoms in total. The Kier molecular flexibility index (Phi) is 3.41. The first-order chi connectivity index (χ1) is 11.8. The number of fused-ring (bicyclic) bond motifs is 3. The van der Waals surface area contributed by atoms with Crippen LogP contribution in [0.1, 0.15) is 25.3 Å². The molecule has 0 saturated heterocycles. The SMILES string of the molecule is CC1O[C@@](C#CC2CC2)(C(F)(F)F)c2c(ccc3c2OCO3)NC1=O. The molecular formula is C17H14F3NO4. The number of ether oxygens (including phenoxy) is 3. The number of anilines is 1. The molecule has 2 heterocycles. The van der Waals surface area contributed by atoms with Crippen molar-refractivity contribution in [3.8, 4) is 23.3 Å². The van der Waals surface area contributed by atoms with E-state index in [1.54, 1.807) is 0 Å². The highest BCUT2D eigenvalue weighted by Gasteiger charge is 2.62. The van der Waals surface area contributed by atoms with Gasteiger partial charge in [-0.1, -0.05) is 11.8 Å². The molecular weight excluding hydrogens is 339 g/mol. The van der Waals surface area contributed by atoms with E-state index in [0.29, 0.717) is 0 Å². The van der Waals surface area contributed by atoms with E-state index in [1.807, 2.05) is 0 Å². The smallest absolute Gasteiger partial charge is 0.433 e. The summed E-state index contributed by atoms with van der Waals surface area (Å²) in [6.45, 7) is 1.05. The van der Waals surface area contributed by atoms with Crippen molar-refractivity contribution in [2.24, 2.45) is 5.92 Å². The highest BCUT2D eigenvalue weighted by Crippen LogP contribution is 2.54. The molecule has 0 radical (unpaired) electrons. The first-order valence-corrected chi connectivity index (χ1v) is 7.83. The quantitative estimate of drug-likeness (QED) is 0.729. The number of rotatable bonds is 0. The lowest BCUT2D eigenvalue weighted by Gasteiger charge is -2.32. The number of nitrogens with one attached hydrogen (secondary N) is 1. The van der Waals surface area contributed by atoms with Crippen LogP contribution in [0.3, 0.4) is 0 Å². The molecule has 1 aromatic carbocycles. The van der Waals surface area contributed by atoms with Crippen LogP contribution < -0.4 is 14.8 Å². The lowest BCUT2D eigenvalue weighted by Crippen LogP contribution is -2.46. The van der Waals surface area contributed by atoms with Crippen LogP contribution in [0.4, 0.5) is 18.9 Å². The Morgan fingerprint density at radius 1 is 1.28 bits per heavy atom. The van der Waals surface area contributed by atoms with Gasteiger partial charge in [0.1, 0.15) is 6.10 Å². The van der Waals surface area contributed by atoms with E-state index in [0.717, 1.165) is 12.8 Å². The predicted octanol–water partition coefficient (Wildman–Crippen LogP) is 2.94. The third kappa shape index (κ3) is 2.50. The average Bonchev–Trinajstić information content (AvgIpc) is 3.26. The number of halogens is 3. The number of alkyl halides is 3. The van der Waals surface area contributed by atoms with Crippen molar-refractivity contribution in [1.29, 1.82) is 0 Å². The molecule has 2 atom stereocenters. The fourth-order valence-electron chi connectivity index (χ4n) is 2.84. The van der Waals surface area contributed by atoms with Crippen molar-refractivity contribution in [3.63, 3.8) is 0 Å². The average molecular weight is 353 g/mol. The molecule has 1 aromatic rings. The maximum absolute atomic E-state index is 14.2. The van der Waals surface area contributed by atoms with Crippen molar-refractivity contribution in [1.82, 2.24) is 0 Å². The van der Waals surface area contributed by atoms with Crippen molar-refractivity contribution in [2.45, 2.75) is 37.6 Å². The number of amides is 1. The van der Waals surface area contributed by atoms with E-state index < -0.39 is 23.8 Å². The molecule has 1 amide bonds. The van der Waals surface area contributed by atoms with Gasteiger partial charge >= 0.3 is 6.18 Å². The zero-order chi connectivity index (χ0) is 17.8. The van der Waals surface area contributed by atoms with Gasteiger partial charge in [0.15, 0.2) is 11.5 Å². The van der Waals surface area contributed by atoms with Gasteiger partial charge in [-0.2, -0.15) is 13.2 Å². The molecule has 132 valence electrons. The molecule has 0 bridgehead atoms. The second kappa shape index (κ2) is 5.30. The summed E-state index contributed by atoms with van der Waals surface area (Å²) in [5, 5.41) is 2.46. The van der Waals surface area contributed by atoms with E-state index in [9.17, 15) is 18.0 Å². The lowest BCUT2D eigenvalue weighted by atomic mass is 9.90. The fourth-order valence-corrected chi connectivity index (χ4v) is 2.84. The van der Waals surface area contributed by atoms with Crippen LogP contribution in [-0.4, -0.2) is 25.0 Å². The van der Waals surface area contributed by atoms with E-state index in [-0.39, 0.29) is 35.5 Å². The van der Waals surface area contributed by atoms with Crippen molar-refractivity contribution in [3.05, 3.63) is 17.7 Å². The maximum atomic E-state index is 14.2. The monoisotopic (exact) mass is 353 g/mol. The Morgan fingerprint density at radius 3 is 2.72 bits per heavy atom. The summed E-state index contributed by atoms with van der Waals surface area (Å²) >= 11 is 0. The van der Waals surface area contributed by atoms with E-state index in [1.165, 1.54) is 19.1 Å². The van der Waals surface area contributed by atoms with Crippen molar-refractivity contribution < 1.29 is 32.2 Å². The van der Waals surface area contributed by atoms with Crippen molar-refractivity contribution >= 4 is 11.6 Å². The molecule has 4 rings (SSSR count). The molecule has 2 aliphatic heterocycles. The second-order valence-corrected chi connectivity index (χ2v) is 6.19. The van der Waals surface area contributed by atoms with Gasteiger partial charge in [0.05, 0.1) is 11.3 Å². The Morgan fingerprint density at radius 2 is 2.04 bits per heavy atom. The standard InChI is InChI=1S/C17H14F3NO4/c1-9-15(22)21-11-4-5-12-14(24-8-23-12)13(11)16(25-9,17(18,19)20)7-6-10-2-3-10/h4-5,9-10H,2-3,8H2,1H3,(H,21,22)/t9?,16-/m1/s1. The van der Waals surface area contributed by atoms with Gasteiger partial charge in [-0.15, -0.1) is 0 Å². The van der Waals surface area contributed by atoms with Gasteiger partial charge in [-0.05, 0) is 31.9 Å². The fraction of sp³-hybridized carbons (Fsp3) is 0.471. The Balaban J connectivity index is 2.01. The van der Waals surface area contributed by atoms with Crippen molar-refractivity contribution in [2.75, 3.05) is 12.1 Å². The van der Waals surface area contributed by atoms with Gasteiger partial charge in [0.2, 0.25) is 6.79 Å². The van der Waals surface area contributed by atoms with Gasteiger partial charge in [-0.3, -0.25) is 4.79 Å². The Hall–Kier alpha value is -2.40. The summed E-state index contributed by atoms with van der Waals surface area (Å²) in [7, 11) is 0. The molecule has 1 aliphatic carbocycles. The normalized spacial score (nSPS) is 27.7. The Bertz CT molecular complexity index is 807. The molecule has 1 saturated carbocycles. The van der Waals surface area contributed by atoms with Crippen LogP contribution >= 0.6 is 0 Å².